The average molecular weight is 408 g/mol. The molecule has 1 heterocycles. The summed E-state index contributed by atoms with van der Waals surface area (Å²) in [6.45, 7) is 0.791. The molecule has 29 heavy (non-hydrogen) atoms. The lowest BCUT2D eigenvalue weighted by Crippen LogP contribution is -2.39. The Kier molecular flexibility index (Phi) is 5.58. The van der Waals surface area contributed by atoms with Crippen molar-refractivity contribution in [3.63, 3.8) is 0 Å². The molecule has 0 aromatic heterocycles. The molecule has 0 spiro atoms. The number of alkyl halides is 3. The van der Waals surface area contributed by atoms with Crippen LogP contribution in [-0.2, 0) is 15.8 Å². The van der Waals surface area contributed by atoms with E-state index in [4.69, 9.17) is 0 Å². The van der Waals surface area contributed by atoms with Crippen molar-refractivity contribution >= 4 is 11.8 Å². The summed E-state index contributed by atoms with van der Waals surface area (Å²) >= 11 is 0. The Hall–Kier alpha value is -2.05. The second-order valence-corrected chi connectivity index (χ2v) is 8.83. The molecular formula is C22H27F3N2O2. The number of hydrogen-bond acceptors (Lipinski definition) is 2. The highest BCUT2D eigenvalue weighted by Gasteiger charge is 2.40. The van der Waals surface area contributed by atoms with Crippen LogP contribution >= 0.6 is 0 Å². The van der Waals surface area contributed by atoms with Gasteiger partial charge in [0.2, 0.25) is 11.8 Å². The van der Waals surface area contributed by atoms with Gasteiger partial charge in [0.15, 0.2) is 0 Å². The molecule has 0 radical (unpaired) electrons. The van der Waals surface area contributed by atoms with Gasteiger partial charge >= 0.3 is 6.18 Å². The first-order valence-electron chi connectivity index (χ1n) is 10.5. The topological polar surface area (TPSA) is 49.4 Å². The minimum Gasteiger partial charge on any atom is -0.347 e. The van der Waals surface area contributed by atoms with Crippen LogP contribution in [0.1, 0.15) is 62.1 Å². The van der Waals surface area contributed by atoms with Gasteiger partial charge in [-0.05, 0) is 61.1 Å². The van der Waals surface area contributed by atoms with Gasteiger partial charge in [-0.1, -0.05) is 18.6 Å². The van der Waals surface area contributed by atoms with Crippen molar-refractivity contribution in [2.24, 2.45) is 17.8 Å². The third kappa shape index (κ3) is 4.59. The Balaban J connectivity index is 1.49. The molecule has 2 saturated carbocycles. The summed E-state index contributed by atoms with van der Waals surface area (Å²) in [6.07, 6.45) is 1.90. The molecule has 3 fully saturated rings. The largest absolute Gasteiger partial charge is 0.416 e. The van der Waals surface area contributed by atoms with E-state index in [0.717, 1.165) is 30.9 Å². The van der Waals surface area contributed by atoms with Gasteiger partial charge in [-0.25, -0.2) is 0 Å². The van der Waals surface area contributed by atoms with Crippen molar-refractivity contribution in [1.82, 2.24) is 10.2 Å². The second-order valence-electron chi connectivity index (χ2n) is 8.83. The Morgan fingerprint density at radius 3 is 2.69 bits per heavy atom. The number of amides is 2. The Labute approximate surface area is 168 Å². The smallest absolute Gasteiger partial charge is 0.347 e. The number of carbonyl (C=O) groups excluding carboxylic acids is 2. The van der Waals surface area contributed by atoms with Crippen molar-refractivity contribution in [1.29, 1.82) is 0 Å². The minimum absolute atomic E-state index is 0.00988. The van der Waals surface area contributed by atoms with E-state index in [9.17, 15) is 22.8 Å². The van der Waals surface area contributed by atoms with Gasteiger partial charge in [0.25, 0.3) is 0 Å². The van der Waals surface area contributed by atoms with Crippen molar-refractivity contribution in [2.75, 3.05) is 13.1 Å². The summed E-state index contributed by atoms with van der Waals surface area (Å²) in [5, 5.41) is 2.95. The first-order valence-corrected chi connectivity index (χ1v) is 10.5. The maximum Gasteiger partial charge on any atom is 0.416 e. The lowest BCUT2D eigenvalue weighted by atomic mass is 9.86. The first-order chi connectivity index (χ1) is 13.8. The summed E-state index contributed by atoms with van der Waals surface area (Å²) in [5.74, 6) is 1.59. The van der Waals surface area contributed by atoms with Crippen LogP contribution in [0.5, 0.6) is 0 Å². The minimum atomic E-state index is -4.45. The number of rotatable bonds is 6. The van der Waals surface area contributed by atoms with Gasteiger partial charge in [-0.2, -0.15) is 13.2 Å². The van der Waals surface area contributed by atoms with E-state index >= 15 is 0 Å². The normalized spacial score (nSPS) is 27.5. The number of hydrogen-bond donors (Lipinski definition) is 1. The highest BCUT2D eigenvalue weighted by molar-refractivity contribution is 5.79. The molecule has 4 rings (SSSR count). The summed E-state index contributed by atoms with van der Waals surface area (Å²) in [6, 6.07) is 4.43. The van der Waals surface area contributed by atoms with E-state index in [0.29, 0.717) is 36.8 Å². The number of nitrogens with one attached hydrogen (secondary N) is 1. The number of nitrogens with zero attached hydrogens (tertiary/aromatic N) is 1. The molecule has 158 valence electrons. The van der Waals surface area contributed by atoms with Crippen LogP contribution in [0.4, 0.5) is 13.2 Å². The Morgan fingerprint density at radius 1 is 1.24 bits per heavy atom. The van der Waals surface area contributed by atoms with Gasteiger partial charge in [-0.15, -0.1) is 0 Å². The lowest BCUT2D eigenvalue weighted by Gasteiger charge is -2.27. The fraction of sp³-hybridized carbons (Fsp3) is 0.636. The molecule has 4 nitrogen and oxygen atoms in total. The van der Waals surface area contributed by atoms with Gasteiger partial charge in [0.1, 0.15) is 0 Å². The van der Waals surface area contributed by atoms with Crippen LogP contribution in [0, 0.1) is 17.8 Å². The fourth-order valence-corrected chi connectivity index (χ4v) is 5.40. The number of likely N-dealkylation sites (tertiary alicyclic amines) is 1. The van der Waals surface area contributed by atoms with Gasteiger partial charge in [0, 0.05) is 25.9 Å². The molecule has 3 aliphatic rings. The molecule has 2 aliphatic carbocycles. The number of halogens is 3. The zero-order valence-electron chi connectivity index (χ0n) is 16.4. The summed E-state index contributed by atoms with van der Waals surface area (Å²) in [4.78, 5) is 26.5. The third-order valence-electron chi connectivity index (χ3n) is 6.86. The van der Waals surface area contributed by atoms with E-state index in [2.05, 4.69) is 5.32 Å². The van der Waals surface area contributed by atoms with Crippen LogP contribution in [-0.4, -0.2) is 29.8 Å². The second kappa shape index (κ2) is 8.00. The number of fused-ring (bicyclic) bond motifs is 2. The Bertz CT molecular complexity index is 780. The highest BCUT2D eigenvalue weighted by Crippen LogP contribution is 2.49. The van der Waals surface area contributed by atoms with Crippen molar-refractivity contribution in [3.05, 3.63) is 35.4 Å². The van der Waals surface area contributed by atoms with E-state index in [1.807, 2.05) is 0 Å². The molecule has 1 aliphatic heterocycles. The maximum atomic E-state index is 13.2. The quantitative estimate of drug-likeness (QED) is 0.763. The van der Waals surface area contributed by atoms with Crippen molar-refractivity contribution in [3.8, 4) is 0 Å². The van der Waals surface area contributed by atoms with E-state index in [1.54, 1.807) is 11.0 Å². The molecule has 1 aromatic rings. The summed E-state index contributed by atoms with van der Waals surface area (Å²) in [5.41, 5.74) is -0.351. The number of benzene rings is 1. The molecule has 1 aromatic carbocycles. The predicted octanol–water partition coefficient (Wildman–Crippen LogP) is 4.31. The number of carbonyl (C=O) groups is 2. The first kappa shape index (κ1) is 20.2. The van der Waals surface area contributed by atoms with Crippen LogP contribution in [0.2, 0.25) is 0 Å². The molecule has 1 N–H and O–H groups in total. The van der Waals surface area contributed by atoms with Gasteiger partial charge in [-0.3, -0.25) is 9.59 Å². The monoisotopic (exact) mass is 408 g/mol. The standard InChI is InChI=1S/C22H27F3N2O2/c23-22(24,25)18-4-1-3-16(11-18)19(13-27-8-2-5-21(27)29)26-20(28)12-17-10-14-6-7-15(17)9-14/h1,3-4,11,14-15,17,19H,2,5-10,12-13H2,(H,26,28)/t14-,15-,17+,19+/m0/s1. The molecule has 2 bridgehead atoms. The SMILES string of the molecule is O=C(C[C@H]1C[C@H]2CC[C@H]1C2)N[C@H](CN1CCCC1=O)c1cccc(C(F)(F)F)c1. The van der Waals surface area contributed by atoms with E-state index < -0.39 is 17.8 Å². The van der Waals surface area contributed by atoms with Crippen LogP contribution in [0.25, 0.3) is 0 Å². The average Bonchev–Trinajstić information content (AvgIpc) is 3.38. The summed E-state index contributed by atoms with van der Waals surface area (Å²) in [7, 11) is 0. The molecule has 4 atom stereocenters. The van der Waals surface area contributed by atoms with E-state index in [1.165, 1.54) is 25.3 Å². The van der Waals surface area contributed by atoms with Crippen LogP contribution < -0.4 is 5.32 Å². The Morgan fingerprint density at radius 2 is 2.07 bits per heavy atom. The van der Waals surface area contributed by atoms with Crippen LogP contribution in [0.15, 0.2) is 24.3 Å². The van der Waals surface area contributed by atoms with Gasteiger partial charge < -0.3 is 10.2 Å². The van der Waals surface area contributed by atoms with Crippen molar-refractivity contribution < 1.29 is 22.8 Å². The third-order valence-corrected chi connectivity index (χ3v) is 6.86. The lowest BCUT2D eigenvalue weighted by molar-refractivity contribution is -0.137. The molecule has 7 heteroatoms. The molecule has 1 saturated heterocycles. The zero-order chi connectivity index (χ0) is 20.6. The van der Waals surface area contributed by atoms with Gasteiger partial charge in [0.05, 0.1) is 11.6 Å². The highest BCUT2D eigenvalue weighted by atomic mass is 19.4. The molecule has 2 amide bonds. The maximum absolute atomic E-state index is 13.2. The van der Waals surface area contributed by atoms with E-state index in [-0.39, 0.29) is 18.4 Å². The molecular weight excluding hydrogens is 381 g/mol. The van der Waals surface area contributed by atoms with Crippen LogP contribution in [0.3, 0.4) is 0 Å². The predicted molar refractivity (Wildman–Crippen MR) is 102 cm³/mol. The van der Waals surface area contributed by atoms with Crippen molar-refractivity contribution in [2.45, 2.75) is 57.2 Å². The fourth-order valence-electron chi connectivity index (χ4n) is 5.40. The molecule has 0 unspecified atom stereocenters. The zero-order valence-corrected chi connectivity index (χ0v) is 16.4. The summed E-state index contributed by atoms with van der Waals surface area (Å²) < 4.78 is 39.5.